The van der Waals surface area contributed by atoms with Gasteiger partial charge in [-0.1, -0.05) is 23.7 Å². The predicted octanol–water partition coefficient (Wildman–Crippen LogP) is 3.07. The molecule has 3 nitrogen and oxygen atoms in total. The summed E-state index contributed by atoms with van der Waals surface area (Å²) in [4.78, 5) is 11.7. The van der Waals surface area contributed by atoms with Crippen LogP contribution < -0.4 is 5.43 Å². The van der Waals surface area contributed by atoms with Crippen molar-refractivity contribution in [1.82, 2.24) is 5.43 Å². The molecule has 0 atom stereocenters. The number of nitrogens with one attached hydrogen (secondary N) is 1. The molecular formula is C10H11ClN2OS2. The maximum atomic E-state index is 11.7. The highest BCUT2D eigenvalue weighted by molar-refractivity contribution is 8.38. The monoisotopic (exact) mass is 274 g/mol. The molecule has 0 radical (unpaired) electrons. The van der Waals surface area contributed by atoms with E-state index in [-0.39, 0.29) is 5.91 Å². The summed E-state index contributed by atoms with van der Waals surface area (Å²) in [5, 5.41) is 4.38. The summed E-state index contributed by atoms with van der Waals surface area (Å²) in [6.45, 7) is 0. The molecule has 0 aliphatic heterocycles. The van der Waals surface area contributed by atoms with Gasteiger partial charge in [0.2, 0.25) is 0 Å². The molecule has 16 heavy (non-hydrogen) atoms. The number of carbonyl (C=O) groups excluding carboxylic acids is 1. The van der Waals surface area contributed by atoms with Crippen LogP contribution in [0, 0.1) is 0 Å². The Labute approximate surface area is 108 Å². The SMILES string of the molecule is CSC(=NNC(=O)c1ccccc1Cl)SC. The number of hydrazone groups is 1. The number of thioether (sulfide) groups is 2. The van der Waals surface area contributed by atoms with Gasteiger partial charge in [-0.25, -0.2) is 5.43 Å². The van der Waals surface area contributed by atoms with E-state index in [1.165, 1.54) is 23.5 Å². The molecule has 6 heteroatoms. The highest BCUT2D eigenvalue weighted by Crippen LogP contribution is 2.15. The number of rotatable bonds is 2. The van der Waals surface area contributed by atoms with Crippen LogP contribution in [0.5, 0.6) is 0 Å². The van der Waals surface area contributed by atoms with Crippen LogP contribution in [0.1, 0.15) is 10.4 Å². The molecule has 1 aromatic rings. The number of halogens is 1. The first-order valence-electron chi connectivity index (χ1n) is 4.39. The zero-order valence-corrected chi connectivity index (χ0v) is 11.2. The van der Waals surface area contributed by atoms with Crippen LogP contribution in [0.4, 0.5) is 0 Å². The lowest BCUT2D eigenvalue weighted by Gasteiger charge is -2.03. The van der Waals surface area contributed by atoms with Gasteiger partial charge in [0, 0.05) is 0 Å². The van der Waals surface area contributed by atoms with Gasteiger partial charge in [0.25, 0.3) is 5.91 Å². The first-order chi connectivity index (χ1) is 7.69. The molecule has 1 rings (SSSR count). The molecule has 0 aromatic heterocycles. The van der Waals surface area contributed by atoms with Crippen molar-refractivity contribution in [2.45, 2.75) is 0 Å². The lowest BCUT2D eigenvalue weighted by molar-refractivity contribution is 0.0955. The van der Waals surface area contributed by atoms with E-state index in [9.17, 15) is 4.79 Å². The van der Waals surface area contributed by atoms with E-state index in [1.807, 2.05) is 12.5 Å². The Kier molecular flexibility index (Phi) is 5.73. The van der Waals surface area contributed by atoms with E-state index in [4.69, 9.17) is 11.6 Å². The van der Waals surface area contributed by atoms with Gasteiger partial charge in [0.15, 0.2) is 0 Å². The average Bonchev–Trinajstić information content (AvgIpc) is 2.30. The molecule has 0 unspecified atom stereocenters. The third-order valence-electron chi connectivity index (χ3n) is 1.72. The molecule has 0 spiro atoms. The highest BCUT2D eigenvalue weighted by atomic mass is 35.5. The maximum Gasteiger partial charge on any atom is 0.272 e. The number of carbonyl (C=O) groups is 1. The molecule has 0 saturated carbocycles. The van der Waals surface area contributed by atoms with Crippen molar-refractivity contribution in [1.29, 1.82) is 0 Å². The standard InChI is InChI=1S/C10H11ClN2OS2/c1-15-10(16-2)13-12-9(14)7-5-3-4-6-8(7)11/h3-6H,1-2H3,(H,12,14). The quantitative estimate of drug-likeness (QED) is 0.512. The fourth-order valence-corrected chi connectivity index (χ4v) is 2.14. The van der Waals surface area contributed by atoms with Gasteiger partial charge in [-0.2, -0.15) is 5.10 Å². The van der Waals surface area contributed by atoms with Gasteiger partial charge in [0.05, 0.1) is 10.6 Å². The molecule has 0 aliphatic carbocycles. The number of benzene rings is 1. The van der Waals surface area contributed by atoms with E-state index in [2.05, 4.69) is 10.5 Å². The molecular weight excluding hydrogens is 264 g/mol. The zero-order chi connectivity index (χ0) is 12.0. The molecule has 86 valence electrons. The van der Waals surface area contributed by atoms with Gasteiger partial charge in [-0.15, -0.1) is 23.5 Å². The minimum Gasteiger partial charge on any atom is -0.267 e. The van der Waals surface area contributed by atoms with Crippen LogP contribution >= 0.6 is 35.1 Å². The predicted molar refractivity (Wildman–Crippen MR) is 73.4 cm³/mol. The Balaban J connectivity index is 2.74. The van der Waals surface area contributed by atoms with Crippen molar-refractivity contribution in [2.75, 3.05) is 12.5 Å². The fraction of sp³-hybridized carbons (Fsp3) is 0.200. The second-order valence-electron chi connectivity index (χ2n) is 2.71. The first kappa shape index (κ1) is 13.4. The van der Waals surface area contributed by atoms with Crippen molar-refractivity contribution in [3.05, 3.63) is 34.9 Å². The maximum absolute atomic E-state index is 11.7. The summed E-state index contributed by atoms with van der Waals surface area (Å²) in [7, 11) is 0. The second kappa shape index (κ2) is 6.83. The summed E-state index contributed by atoms with van der Waals surface area (Å²) in [6, 6.07) is 6.86. The molecule has 0 aliphatic rings. The van der Waals surface area contributed by atoms with E-state index >= 15 is 0 Å². The number of nitrogens with zero attached hydrogens (tertiary/aromatic N) is 1. The second-order valence-corrected chi connectivity index (χ2v) is 4.96. The Bertz CT molecular complexity index is 404. The van der Waals surface area contributed by atoms with Crippen molar-refractivity contribution in [3.8, 4) is 0 Å². The molecule has 1 amide bonds. The summed E-state index contributed by atoms with van der Waals surface area (Å²) < 4.78 is 0.792. The largest absolute Gasteiger partial charge is 0.272 e. The summed E-state index contributed by atoms with van der Waals surface area (Å²) >= 11 is 8.84. The minimum atomic E-state index is -0.300. The van der Waals surface area contributed by atoms with E-state index in [0.717, 1.165) is 4.38 Å². The number of hydrogen-bond donors (Lipinski definition) is 1. The van der Waals surface area contributed by atoms with Crippen LogP contribution in [0.2, 0.25) is 5.02 Å². The molecule has 0 heterocycles. The van der Waals surface area contributed by atoms with Gasteiger partial charge >= 0.3 is 0 Å². The molecule has 0 saturated heterocycles. The molecule has 0 bridgehead atoms. The summed E-state index contributed by atoms with van der Waals surface area (Å²) in [6.07, 6.45) is 3.80. The molecule has 1 aromatic carbocycles. The minimum absolute atomic E-state index is 0.300. The highest BCUT2D eigenvalue weighted by Gasteiger charge is 2.08. The van der Waals surface area contributed by atoms with Crippen LogP contribution in [-0.4, -0.2) is 22.8 Å². The normalized spacial score (nSPS) is 9.69. The van der Waals surface area contributed by atoms with Gasteiger partial charge in [-0.3, -0.25) is 4.79 Å². The Morgan fingerprint density at radius 3 is 2.50 bits per heavy atom. The van der Waals surface area contributed by atoms with E-state index in [0.29, 0.717) is 10.6 Å². The number of hydrogen-bond acceptors (Lipinski definition) is 4. The van der Waals surface area contributed by atoms with Crippen LogP contribution in [0.15, 0.2) is 29.4 Å². The van der Waals surface area contributed by atoms with Crippen molar-refractivity contribution < 1.29 is 4.79 Å². The van der Waals surface area contributed by atoms with Crippen LogP contribution in [-0.2, 0) is 0 Å². The third-order valence-corrected chi connectivity index (χ3v) is 3.93. The Hall–Kier alpha value is -0.650. The van der Waals surface area contributed by atoms with E-state index < -0.39 is 0 Å². The van der Waals surface area contributed by atoms with Crippen LogP contribution in [0.25, 0.3) is 0 Å². The van der Waals surface area contributed by atoms with Crippen molar-refractivity contribution in [3.63, 3.8) is 0 Å². The van der Waals surface area contributed by atoms with Gasteiger partial charge < -0.3 is 0 Å². The van der Waals surface area contributed by atoms with Gasteiger partial charge in [0.1, 0.15) is 4.38 Å². The van der Waals surface area contributed by atoms with Gasteiger partial charge in [-0.05, 0) is 24.6 Å². The average molecular weight is 275 g/mol. The summed E-state index contributed by atoms with van der Waals surface area (Å²) in [5.41, 5.74) is 2.89. The van der Waals surface area contributed by atoms with Crippen LogP contribution in [0.3, 0.4) is 0 Å². The van der Waals surface area contributed by atoms with E-state index in [1.54, 1.807) is 24.3 Å². The molecule has 1 N–H and O–H groups in total. The Morgan fingerprint density at radius 1 is 1.31 bits per heavy atom. The fourth-order valence-electron chi connectivity index (χ4n) is 0.977. The topological polar surface area (TPSA) is 41.5 Å². The molecule has 0 fully saturated rings. The Morgan fingerprint density at radius 2 is 1.94 bits per heavy atom. The van der Waals surface area contributed by atoms with Crippen molar-refractivity contribution >= 4 is 45.4 Å². The first-order valence-corrected chi connectivity index (χ1v) is 7.22. The lowest BCUT2D eigenvalue weighted by atomic mass is 10.2. The number of amides is 1. The third kappa shape index (κ3) is 3.73. The smallest absolute Gasteiger partial charge is 0.267 e. The zero-order valence-electron chi connectivity index (χ0n) is 8.86. The van der Waals surface area contributed by atoms with Crippen molar-refractivity contribution in [2.24, 2.45) is 5.10 Å². The summed E-state index contributed by atoms with van der Waals surface area (Å²) in [5.74, 6) is -0.300. The lowest BCUT2D eigenvalue weighted by Crippen LogP contribution is -2.18.